The van der Waals surface area contributed by atoms with Crippen LogP contribution in [0.5, 0.6) is 0 Å². The second-order valence-corrected chi connectivity index (χ2v) is 7.04. The smallest absolute Gasteiger partial charge is 0.0946 e. The number of hydrogen-bond donors (Lipinski definition) is 0. The number of thioether (sulfide) groups is 1. The van der Waals surface area contributed by atoms with Gasteiger partial charge in [-0.1, -0.05) is 49.9 Å². The topological polar surface area (TPSA) is 17.8 Å². The largest absolute Gasteiger partial charge is 0.336 e. The lowest BCUT2D eigenvalue weighted by Crippen LogP contribution is -2.12. The summed E-state index contributed by atoms with van der Waals surface area (Å²) in [6.45, 7) is 3.30. The zero-order valence-corrected chi connectivity index (χ0v) is 14.1. The van der Waals surface area contributed by atoms with Crippen molar-refractivity contribution in [2.24, 2.45) is 0 Å². The third-order valence-corrected chi connectivity index (χ3v) is 5.11. The van der Waals surface area contributed by atoms with Gasteiger partial charge in [0.1, 0.15) is 0 Å². The van der Waals surface area contributed by atoms with Gasteiger partial charge in [-0.3, -0.25) is 0 Å². The number of benzene rings is 1. The first-order chi connectivity index (χ1) is 10.3. The number of rotatable bonds is 9. The molecule has 0 bridgehead atoms. The predicted molar refractivity (Wildman–Crippen MR) is 92.9 cm³/mol. The molecule has 0 N–H and O–H groups in total. The van der Waals surface area contributed by atoms with Crippen molar-refractivity contribution in [3.8, 4) is 0 Å². The molecule has 0 radical (unpaired) electrons. The van der Waals surface area contributed by atoms with Crippen LogP contribution >= 0.6 is 23.4 Å². The Kier molecular flexibility index (Phi) is 7.17. The number of imidazole rings is 1. The first-order valence-corrected chi connectivity index (χ1v) is 9.02. The predicted octanol–water partition coefficient (Wildman–Crippen LogP) is 5.42. The van der Waals surface area contributed by atoms with Crippen LogP contribution in [0.15, 0.2) is 43.0 Å². The summed E-state index contributed by atoms with van der Waals surface area (Å²) in [4.78, 5) is 4.14. The maximum absolute atomic E-state index is 5.94. The maximum atomic E-state index is 5.94. The monoisotopic (exact) mass is 322 g/mol. The minimum Gasteiger partial charge on any atom is -0.336 e. The molecule has 0 saturated heterocycles. The molecule has 21 heavy (non-hydrogen) atoms. The van der Waals surface area contributed by atoms with Gasteiger partial charge in [0.15, 0.2) is 0 Å². The lowest BCUT2D eigenvalue weighted by Gasteiger charge is -2.17. The lowest BCUT2D eigenvalue weighted by atomic mass is 10.1. The Bertz CT molecular complexity index is 496. The summed E-state index contributed by atoms with van der Waals surface area (Å²) in [5.74, 6) is 1.04. The van der Waals surface area contributed by atoms with E-state index in [9.17, 15) is 0 Å². The van der Waals surface area contributed by atoms with E-state index in [2.05, 4.69) is 34.8 Å². The van der Waals surface area contributed by atoms with Crippen molar-refractivity contribution in [3.63, 3.8) is 0 Å². The first kappa shape index (κ1) is 16.4. The third-order valence-electron chi connectivity index (χ3n) is 3.50. The van der Waals surface area contributed by atoms with Crippen molar-refractivity contribution in [2.75, 3.05) is 0 Å². The molecule has 1 unspecified atom stereocenters. The van der Waals surface area contributed by atoms with E-state index in [-0.39, 0.29) is 0 Å². The van der Waals surface area contributed by atoms with E-state index in [0.29, 0.717) is 5.25 Å². The number of unbranched alkanes of at least 4 members (excludes halogenated alkanes) is 2. The molecule has 1 aromatic heterocycles. The number of hydrogen-bond acceptors (Lipinski definition) is 2. The Labute approximate surface area is 136 Å². The molecule has 0 aliphatic rings. The van der Waals surface area contributed by atoms with Crippen molar-refractivity contribution in [1.82, 2.24) is 9.55 Å². The van der Waals surface area contributed by atoms with Crippen molar-refractivity contribution < 1.29 is 0 Å². The van der Waals surface area contributed by atoms with Gasteiger partial charge in [-0.25, -0.2) is 4.98 Å². The van der Waals surface area contributed by atoms with Gasteiger partial charge in [0, 0.05) is 35.0 Å². The van der Waals surface area contributed by atoms with Crippen LogP contribution in [0.4, 0.5) is 0 Å². The normalized spacial score (nSPS) is 12.5. The highest BCUT2D eigenvalue weighted by Gasteiger charge is 2.10. The van der Waals surface area contributed by atoms with E-state index in [4.69, 9.17) is 11.6 Å². The summed E-state index contributed by atoms with van der Waals surface area (Å²) in [5, 5.41) is 1.45. The summed E-state index contributed by atoms with van der Waals surface area (Å²) in [6.07, 6.45) is 11.0. The highest BCUT2D eigenvalue weighted by molar-refractivity contribution is 7.99. The van der Waals surface area contributed by atoms with Crippen LogP contribution in [0.1, 0.15) is 38.2 Å². The van der Waals surface area contributed by atoms with Crippen molar-refractivity contribution in [1.29, 1.82) is 0 Å². The van der Waals surface area contributed by atoms with Crippen LogP contribution in [0.2, 0.25) is 5.02 Å². The molecule has 0 spiro atoms. The molecule has 0 aliphatic carbocycles. The zero-order chi connectivity index (χ0) is 14.9. The van der Waals surface area contributed by atoms with Crippen molar-refractivity contribution in [2.45, 2.75) is 50.2 Å². The van der Waals surface area contributed by atoms with Crippen LogP contribution < -0.4 is 0 Å². The second-order valence-electron chi connectivity index (χ2n) is 5.31. The van der Waals surface area contributed by atoms with E-state index < -0.39 is 0 Å². The van der Waals surface area contributed by atoms with Crippen LogP contribution in [-0.2, 0) is 12.3 Å². The molecule has 2 rings (SSSR count). The molecular weight excluding hydrogens is 300 g/mol. The van der Waals surface area contributed by atoms with E-state index in [0.717, 1.165) is 17.3 Å². The van der Waals surface area contributed by atoms with Gasteiger partial charge >= 0.3 is 0 Å². The molecule has 0 aliphatic heterocycles. The Hall–Kier alpha value is -0.930. The molecule has 1 heterocycles. The minimum atomic E-state index is 0.640. The summed E-state index contributed by atoms with van der Waals surface area (Å²) >= 11 is 7.97. The summed E-state index contributed by atoms with van der Waals surface area (Å²) in [7, 11) is 0. The first-order valence-electron chi connectivity index (χ1n) is 7.59. The van der Waals surface area contributed by atoms with Gasteiger partial charge in [-0.05, 0) is 24.1 Å². The summed E-state index contributed by atoms with van der Waals surface area (Å²) < 4.78 is 2.19. The molecule has 0 saturated carbocycles. The average Bonchev–Trinajstić information content (AvgIpc) is 2.99. The fraction of sp³-hybridized carbons (Fsp3) is 0.471. The fourth-order valence-electron chi connectivity index (χ4n) is 2.27. The second kappa shape index (κ2) is 9.16. The van der Waals surface area contributed by atoms with E-state index in [1.54, 1.807) is 0 Å². The molecule has 1 aromatic carbocycles. The fourth-order valence-corrected chi connectivity index (χ4v) is 3.63. The summed E-state index contributed by atoms with van der Waals surface area (Å²) in [5.41, 5.74) is 1.34. The summed E-state index contributed by atoms with van der Waals surface area (Å²) in [6, 6.07) is 8.18. The minimum absolute atomic E-state index is 0.640. The lowest BCUT2D eigenvalue weighted by molar-refractivity contribution is 0.581. The van der Waals surface area contributed by atoms with Crippen LogP contribution in [0.25, 0.3) is 0 Å². The third kappa shape index (κ3) is 6.15. The molecule has 0 amide bonds. The number of nitrogens with zero attached hydrogens (tertiary/aromatic N) is 2. The molecule has 2 aromatic rings. The molecule has 4 heteroatoms. The van der Waals surface area contributed by atoms with Crippen LogP contribution in [0, 0.1) is 0 Å². The van der Waals surface area contributed by atoms with Crippen molar-refractivity contribution in [3.05, 3.63) is 53.6 Å². The highest BCUT2D eigenvalue weighted by atomic mass is 35.5. The van der Waals surface area contributed by atoms with E-state index in [1.165, 1.54) is 31.2 Å². The van der Waals surface area contributed by atoms with Gasteiger partial charge in [0.2, 0.25) is 0 Å². The Morgan fingerprint density at radius 2 is 2.05 bits per heavy atom. The van der Waals surface area contributed by atoms with Gasteiger partial charge in [0.05, 0.1) is 6.33 Å². The molecule has 1 atom stereocenters. The zero-order valence-electron chi connectivity index (χ0n) is 12.5. The Morgan fingerprint density at radius 3 is 2.71 bits per heavy atom. The molecule has 2 nitrogen and oxygen atoms in total. The molecule has 114 valence electrons. The number of aromatic nitrogens is 2. The molecule has 0 fully saturated rings. The van der Waals surface area contributed by atoms with E-state index >= 15 is 0 Å². The standard InChI is InChI=1S/C17H23ClN2S/c1-2-3-4-5-17(12-20-11-10-19-14-20)21-13-15-6-8-16(18)9-7-15/h6-11,14,17H,2-5,12-13H2,1H3. The Balaban J connectivity index is 1.86. The van der Waals surface area contributed by atoms with Gasteiger partial charge in [-0.2, -0.15) is 11.8 Å². The average molecular weight is 323 g/mol. The van der Waals surface area contributed by atoms with Gasteiger partial charge < -0.3 is 4.57 Å². The van der Waals surface area contributed by atoms with Gasteiger partial charge in [-0.15, -0.1) is 0 Å². The SMILES string of the molecule is CCCCCC(Cn1ccnc1)SCc1ccc(Cl)cc1. The van der Waals surface area contributed by atoms with E-state index in [1.807, 2.05) is 36.4 Å². The highest BCUT2D eigenvalue weighted by Crippen LogP contribution is 2.24. The van der Waals surface area contributed by atoms with Crippen LogP contribution in [0.3, 0.4) is 0 Å². The number of halogens is 1. The maximum Gasteiger partial charge on any atom is 0.0946 e. The quantitative estimate of drug-likeness (QED) is 0.574. The van der Waals surface area contributed by atoms with Crippen LogP contribution in [-0.4, -0.2) is 14.8 Å². The Morgan fingerprint density at radius 1 is 1.24 bits per heavy atom. The van der Waals surface area contributed by atoms with Gasteiger partial charge in [0.25, 0.3) is 0 Å². The molecular formula is C17H23ClN2S. The van der Waals surface area contributed by atoms with Crippen molar-refractivity contribution >= 4 is 23.4 Å².